The van der Waals surface area contributed by atoms with Crippen molar-refractivity contribution in [2.45, 2.75) is 25.8 Å². The maximum absolute atomic E-state index is 9.10. The molecule has 0 unspecified atom stereocenters. The highest BCUT2D eigenvalue weighted by molar-refractivity contribution is 6.08. The average molecular weight is 206 g/mol. The molecule has 0 aliphatic rings. The highest BCUT2D eigenvalue weighted by Gasteiger charge is 2.26. The molecule has 0 atom stereocenters. The minimum atomic E-state index is -0.425. The number of aliphatic hydroxyl groups is 2. The van der Waals surface area contributed by atoms with Crippen LogP contribution in [0.1, 0.15) is 19.8 Å². The molecule has 4 heteroatoms. The molecule has 0 aliphatic heterocycles. The Bertz CT molecular complexity index is 107. The summed E-state index contributed by atoms with van der Waals surface area (Å²) in [5.74, 6) is 0. The van der Waals surface area contributed by atoms with Crippen molar-refractivity contribution in [1.29, 1.82) is 0 Å². The molecule has 80 valence electrons. The standard InChI is InChI=1S/C9H22O3Si/c1-2-9(6-10,7-11)8-12-4-3-5-13/h10-11H,2-8H2,1,13H3. The molecular weight excluding hydrogens is 184 g/mol. The van der Waals surface area contributed by atoms with Gasteiger partial charge in [-0.15, -0.1) is 0 Å². The molecule has 0 bridgehead atoms. The molecule has 0 aromatic heterocycles. The molecule has 13 heavy (non-hydrogen) atoms. The maximum atomic E-state index is 9.10. The fraction of sp³-hybridized carbons (Fsp3) is 1.00. The predicted octanol–water partition coefficient (Wildman–Crippen LogP) is -0.442. The van der Waals surface area contributed by atoms with E-state index in [1.165, 1.54) is 16.3 Å². The van der Waals surface area contributed by atoms with Gasteiger partial charge in [-0.1, -0.05) is 13.0 Å². The summed E-state index contributed by atoms with van der Waals surface area (Å²) in [4.78, 5) is 0. The van der Waals surface area contributed by atoms with Crippen LogP contribution in [0.2, 0.25) is 6.04 Å². The zero-order valence-corrected chi connectivity index (χ0v) is 10.8. The lowest BCUT2D eigenvalue weighted by atomic mass is 9.88. The predicted molar refractivity (Wildman–Crippen MR) is 57.1 cm³/mol. The average Bonchev–Trinajstić information content (AvgIpc) is 2.20. The van der Waals surface area contributed by atoms with Crippen LogP contribution in [-0.4, -0.2) is 46.9 Å². The molecule has 0 radical (unpaired) electrons. The second-order valence-electron chi connectivity index (χ2n) is 3.58. The van der Waals surface area contributed by atoms with Crippen LogP contribution in [0, 0.1) is 5.41 Å². The summed E-state index contributed by atoms with van der Waals surface area (Å²) >= 11 is 0. The van der Waals surface area contributed by atoms with Gasteiger partial charge in [-0.25, -0.2) is 0 Å². The Balaban J connectivity index is 3.68. The highest BCUT2D eigenvalue weighted by Crippen LogP contribution is 2.20. The molecule has 0 aromatic carbocycles. The van der Waals surface area contributed by atoms with Gasteiger partial charge in [0.1, 0.15) is 0 Å². The summed E-state index contributed by atoms with van der Waals surface area (Å²) in [5.41, 5.74) is -0.425. The fourth-order valence-corrected chi connectivity index (χ4v) is 1.29. The molecule has 0 aromatic rings. The second-order valence-corrected chi connectivity index (χ2v) is 4.58. The van der Waals surface area contributed by atoms with Crippen LogP contribution in [0.4, 0.5) is 0 Å². The fourth-order valence-electron chi connectivity index (χ4n) is 1.00. The van der Waals surface area contributed by atoms with E-state index in [2.05, 4.69) is 0 Å². The van der Waals surface area contributed by atoms with E-state index < -0.39 is 5.41 Å². The summed E-state index contributed by atoms with van der Waals surface area (Å²) in [6, 6.07) is 1.25. The number of aliphatic hydroxyl groups excluding tert-OH is 2. The molecule has 0 saturated carbocycles. The van der Waals surface area contributed by atoms with Crippen LogP contribution >= 0.6 is 0 Å². The Morgan fingerprint density at radius 1 is 1.31 bits per heavy atom. The monoisotopic (exact) mass is 206 g/mol. The van der Waals surface area contributed by atoms with Crippen LogP contribution in [0.25, 0.3) is 0 Å². The molecule has 3 nitrogen and oxygen atoms in total. The second kappa shape index (κ2) is 7.50. The first kappa shape index (κ1) is 13.1. The van der Waals surface area contributed by atoms with E-state index in [1.54, 1.807) is 0 Å². The van der Waals surface area contributed by atoms with Crippen molar-refractivity contribution >= 4 is 10.2 Å². The maximum Gasteiger partial charge on any atom is 0.0566 e. The molecule has 0 aliphatic carbocycles. The number of ether oxygens (including phenoxy) is 1. The van der Waals surface area contributed by atoms with Gasteiger partial charge in [-0.2, -0.15) is 0 Å². The molecule has 0 fully saturated rings. The van der Waals surface area contributed by atoms with Crippen LogP contribution < -0.4 is 0 Å². The third kappa shape index (κ3) is 4.76. The lowest BCUT2D eigenvalue weighted by Gasteiger charge is -2.27. The molecule has 0 saturated heterocycles. The quantitative estimate of drug-likeness (QED) is 0.418. The largest absolute Gasteiger partial charge is 0.396 e. The van der Waals surface area contributed by atoms with Gasteiger partial charge in [0.2, 0.25) is 0 Å². The minimum Gasteiger partial charge on any atom is -0.396 e. The first-order valence-electron chi connectivity index (χ1n) is 5.04. The van der Waals surface area contributed by atoms with E-state index in [9.17, 15) is 0 Å². The first-order chi connectivity index (χ1) is 6.24. The molecule has 2 N–H and O–H groups in total. The van der Waals surface area contributed by atoms with Gasteiger partial charge < -0.3 is 14.9 Å². The minimum absolute atomic E-state index is 0.000868. The lowest BCUT2D eigenvalue weighted by molar-refractivity contribution is -0.0296. The van der Waals surface area contributed by atoms with E-state index in [0.29, 0.717) is 6.61 Å². The zero-order valence-electron chi connectivity index (χ0n) is 8.75. The topological polar surface area (TPSA) is 49.7 Å². The zero-order chi connectivity index (χ0) is 10.2. The summed E-state index contributed by atoms with van der Waals surface area (Å²) < 4.78 is 5.41. The van der Waals surface area contributed by atoms with Crippen LogP contribution in [-0.2, 0) is 4.74 Å². The molecular formula is C9H22O3Si. The summed E-state index contributed by atoms with van der Waals surface area (Å²) in [6.07, 6.45) is 1.85. The molecule has 0 amide bonds. The van der Waals surface area contributed by atoms with Crippen LogP contribution in [0.3, 0.4) is 0 Å². The van der Waals surface area contributed by atoms with Gasteiger partial charge in [0.05, 0.1) is 19.8 Å². The Morgan fingerprint density at radius 3 is 2.31 bits per heavy atom. The van der Waals surface area contributed by atoms with E-state index >= 15 is 0 Å². The third-order valence-electron chi connectivity index (χ3n) is 2.47. The normalized spacial score (nSPS) is 12.2. The highest BCUT2D eigenvalue weighted by atomic mass is 28.1. The van der Waals surface area contributed by atoms with Gasteiger partial charge in [0.15, 0.2) is 0 Å². The van der Waals surface area contributed by atoms with E-state index in [-0.39, 0.29) is 13.2 Å². The van der Waals surface area contributed by atoms with Crippen molar-refractivity contribution in [2.24, 2.45) is 5.41 Å². The van der Waals surface area contributed by atoms with Crippen LogP contribution in [0.5, 0.6) is 0 Å². The Morgan fingerprint density at radius 2 is 1.92 bits per heavy atom. The van der Waals surface area contributed by atoms with Crippen molar-refractivity contribution < 1.29 is 14.9 Å². The van der Waals surface area contributed by atoms with Crippen molar-refractivity contribution in [3.63, 3.8) is 0 Å². The number of hydrogen-bond acceptors (Lipinski definition) is 3. The molecule has 0 rings (SSSR count). The summed E-state index contributed by atoms with van der Waals surface area (Å²) in [6.45, 7) is 3.19. The van der Waals surface area contributed by atoms with Crippen molar-refractivity contribution in [3.8, 4) is 0 Å². The van der Waals surface area contributed by atoms with Gasteiger partial charge in [0, 0.05) is 22.3 Å². The summed E-state index contributed by atoms with van der Waals surface area (Å²) in [7, 11) is 1.22. The smallest absolute Gasteiger partial charge is 0.0566 e. The SMILES string of the molecule is CCC(CO)(CO)COCCC[SiH3]. The molecule has 0 spiro atoms. The van der Waals surface area contributed by atoms with Gasteiger partial charge in [-0.3, -0.25) is 0 Å². The van der Waals surface area contributed by atoms with Crippen molar-refractivity contribution in [2.75, 3.05) is 26.4 Å². The van der Waals surface area contributed by atoms with E-state index in [1.807, 2.05) is 6.92 Å². The third-order valence-corrected chi connectivity index (χ3v) is 3.18. The Kier molecular flexibility index (Phi) is 7.55. The first-order valence-corrected chi connectivity index (χ1v) is 6.45. The Hall–Kier alpha value is 0.0969. The van der Waals surface area contributed by atoms with Crippen molar-refractivity contribution in [1.82, 2.24) is 0 Å². The van der Waals surface area contributed by atoms with E-state index in [4.69, 9.17) is 14.9 Å². The Labute approximate surface area is 83.5 Å². The molecule has 0 heterocycles. The lowest BCUT2D eigenvalue weighted by Crippen LogP contribution is -2.34. The van der Waals surface area contributed by atoms with Crippen molar-refractivity contribution in [3.05, 3.63) is 0 Å². The van der Waals surface area contributed by atoms with Crippen LogP contribution in [0.15, 0.2) is 0 Å². The number of rotatable bonds is 8. The van der Waals surface area contributed by atoms with Gasteiger partial charge >= 0.3 is 0 Å². The van der Waals surface area contributed by atoms with E-state index in [0.717, 1.165) is 19.4 Å². The summed E-state index contributed by atoms with van der Waals surface area (Å²) in [5, 5.41) is 18.2. The van der Waals surface area contributed by atoms with Gasteiger partial charge in [0.25, 0.3) is 0 Å². The van der Waals surface area contributed by atoms with Gasteiger partial charge in [-0.05, 0) is 12.8 Å². The number of hydrogen-bond donors (Lipinski definition) is 2.